The summed E-state index contributed by atoms with van der Waals surface area (Å²) >= 11 is 0. The van der Waals surface area contributed by atoms with E-state index in [0.717, 1.165) is 72.6 Å². The molecule has 8 heteroatoms. The molecule has 158 valence electrons. The Bertz CT molecular complexity index is 1050. The first-order chi connectivity index (χ1) is 14.7. The fourth-order valence-electron chi connectivity index (χ4n) is 4.38. The summed E-state index contributed by atoms with van der Waals surface area (Å²) in [4.78, 5) is 19.0. The highest BCUT2D eigenvalue weighted by atomic mass is 16.5. The van der Waals surface area contributed by atoms with Gasteiger partial charge < -0.3 is 24.6 Å². The molecule has 0 aliphatic carbocycles. The Labute approximate surface area is 176 Å². The number of para-hydroxylation sites is 1. The van der Waals surface area contributed by atoms with Gasteiger partial charge in [0, 0.05) is 43.8 Å². The van der Waals surface area contributed by atoms with Crippen molar-refractivity contribution < 1.29 is 9.47 Å². The molecule has 5 rings (SSSR count). The minimum atomic E-state index is 0.413. The SMILES string of the molecule is COc1cccc2c1nc(OCC1CCCN1C)c1cnc(N3CCNCC3)nc12. The van der Waals surface area contributed by atoms with Crippen LogP contribution in [0, 0.1) is 0 Å². The van der Waals surface area contributed by atoms with Crippen molar-refractivity contribution in [3.63, 3.8) is 0 Å². The average molecular weight is 409 g/mol. The zero-order valence-corrected chi connectivity index (χ0v) is 17.6. The van der Waals surface area contributed by atoms with Crippen molar-refractivity contribution in [1.29, 1.82) is 0 Å². The highest BCUT2D eigenvalue weighted by Gasteiger charge is 2.23. The smallest absolute Gasteiger partial charge is 0.225 e. The highest BCUT2D eigenvalue weighted by Crippen LogP contribution is 2.34. The van der Waals surface area contributed by atoms with Gasteiger partial charge in [0.1, 0.15) is 17.9 Å². The fraction of sp³-hybridized carbons (Fsp3) is 0.500. The van der Waals surface area contributed by atoms with Crippen LogP contribution in [0.5, 0.6) is 11.6 Å². The normalized spacial score (nSPS) is 20.2. The Morgan fingerprint density at radius 2 is 1.97 bits per heavy atom. The van der Waals surface area contributed by atoms with Gasteiger partial charge in [-0.2, -0.15) is 0 Å². The molecule has 4 heterocycles. The number of anilines is 1. The van der Waals surface area contributed by atoms with Gasteiger partial charge in [0.25, 0.3) is 0 Å². The zero-order valence-electron chi connectivity index (χ0n) is 17.6. The van der Waals surface area contributed by atoms with E-state index in [0.29, 0.717) is 18.5 Å². The van der Waals surface area contributed by atoms with E-state index in [2.05, 4.69) is 27.1 Å². The number of ether oxygens (including phenoxy) is 2. The Hall–Kier alpha value is -2.71. The molecule has 2 aliphatic heterocycles. The molecular weight excluding hydrogens is 380 g/mol. The van der Waals surface area contributed by atoms with E-state index in [1.807, 2.05) is 24.4 Å². The average Bonchev–Trinajstić information content (AvgIpc) is 3.22. The first-order valence-corrected chi connectivity index (χ1v) is 10.7. The summed E-state index contributed by atoms with van der Waals surface area (Å²) in [6.45, 7) is 5.40. The lowest BCUT2D eigenvalue weighted by atomic mass is 10.1. The first kappa shape index (κ1) is 19.3. The van der Waals surface area contributed by atoms with Crippen LogP contribution < -0.4 is 19.7 Å². The third-order valence-electron chi connectivity index (χ3n) is 6.18. The fourth-order valence-corrected chi connectivity index (χ4v) is 4.38. The topological polar surface area (TPSA) is 75.6 Å². The Morgan fingerprint density at radius 3 is 2.73 bits per heavy atom. The Balaban J connectivity index is 1.60. The van der Waals surface area contributed by atoms with E-state index in [9.17, 15) is 0 Å². The highest BCUT2D eigenvalue weighted by molar-refractivity contribution is 6.07. The van der Waals surface area contributed by atoms with Gasteiger partial charge in [0.05, 0.1) is 18.0 Å². The minimum Gasteiger partial charge on any atom is -0.494 e. The van der Waals surface area contributed by atoms with Gasteiger partial charge in [0.2, 0.25) is 11.8 Å². The van der Waals surface area contributed by atoms with E-state index < -0.39 is 0 Å². The molecule has 0 amide bonds. The van der Waals surface area contributed by atoms with Crippen LogP contribution >= 0.6 is 0 Å². The van der Waals surface area contributed by atoms with Gasteiger partial charge in [-0.05, 0) is 32.5 Å². The molecule has 8 nitrogen and oxygen atoms in total. The number of aromatic nitrogens is 3. The lowest BCUT2D eigenvalue weighted by Gasteiger charge is -2.27. The maximum Gasteiger partial charge on any atom is 0.225 e. The maximum atomic E-state index is 6.25. The molecule has 2 aromatic heterocycles. The Kier molecular flexibility index (Phi) is 5.26. The summed E-state index contributed by atoms with van der Waals surface area (Å²) in [5.74, 6) is 2.05. The number of benzene rings is 1. The zero-order chi connectivity index (χ0) is 20.5. The summed E-state index contributed by atoms with van der Waals surface area (Å²) in [7, 11) is 3.82. The third-order valence-corrected chi connectivity index (χ3v) is 6.18. The molecule has 1 atom stereocenters. The Morgan fingerprint density at radius 1 is 1.10 bits per heavy atom. The molecule has 1 aromatic carbocycles. The predicted molar refractivity (Wildman–Crippen MR) is 118 cm³/mol. The summed E-state index contributed by atoms with van der Waals surface area (Å²) in [5, 5.41) is 5.17. The maximum absolute atomic E-state index is 6.25. The number of nitrogens with zero attached hydrogens (tertiary/aromatic N) is 5. The van der Waals surface area contributed by atoms with Gasteiger partial charge in [-0.1, -0.05) is 12.1 Å². The summed E-state index contributed by atoms with van der Waals surface area (Å²) < 4.78 is 11.8. The quantitative estimate of drug-likeness (QED) is 0.643. The van der Waals surface area contributed by atoms with Crippen LogP contribution in [-0.2, 0) is 0 Å². The largest absolute Gasteiger partial charge is 0.494 e. The second-order valence-corrected chi connectivity index (χ2v) is 8.03. The lowest BCUT2D eigenvalue weighted by molar-refractivity contribution is 0.195. The first-order valence-electron chi connectivity index (χ1n) is 10.7. The van der Waals surface area contributed by atoms with Gasteiger partial charge >= 0.3 is 0 Å². The number of methoxy groups -OCH3 is 1. The number of likely N-dealkylation sites (N-methyl/N-ethyl adjacent to an activating group) is 1. The number of likely N-dealkylation sites (tertiary alicyclic amines) is 1. The monoisotopic (exact) mass is 408 g/mol. The lowest BCUT2D eigenvalue weighted by Crippen LogP contribution is -2.44. The second kappa shape index (κ2) is 8.20. The molecule has 1 unspecified atom stereocenters. The van der Waals surface area contributed by atoms with Crippen molar-refractivity contribution in [2.24, 2.45) is 0 Å². The number of pyridine rings is 1. The molecule has 0 radical (unpaired) electrons. The summed E-state index contributed by atoms with van der Waals surface area (Å²) in [5.41, 5.74) is 1.63. The molecule has 30 heavy (non-hydrogen) atoms. The van der Waals surface area contributed by atoms with E-state index in [1.54, 1.807) is 7.11 Å². The molecule has 2 aliphatic rings. The summed E-state index contributed by atoms with van der Waals surface area (Å²) in [6.07, 6.45) is 4.22. The van der Waals surface area contributed by atoms with E-state index in [4.69, 9.17) is 19.4 Å². The van der Waals surface area contributed by atoms with E-state index in [-0.39, 0.29) is 0 Å². The molecular formula is C22H28N6O2. The van der Waals surface area contributed by atoms with Crippen LogP contribution in [0.3, 0.4) is 0 Å². The number of nitrogens with one attached hydrogen (secondary N) is 1. The van der Waals surface area contributed by atoms with Crippen molar-refractivity contribution in [2.45, 2.75) is 18.9 Å². The minimum absolute atomic E-state index is 0.413. The predicted octanol–water partition coefficient (Wildman–Crippen LogP) is 2.07. The summed E-state index contributed by atoms with van der Waals surface area (Å²) in [6, 6.07) is 6.35. The van der Waals surface area contributed by atoms with Gasteiger partial charge in [-0.25, -0.2) is 15.0 Å². The van der Waals surface area contributed by atoms with Crippen LogP contribution in [-0.4, -0.2) is 79.4 Å². The van der Waals surface area contributed by atoms with Crippen LogP contribution in [0.25, 0.3) is 21.8 Å². The molecule has 1 N–H and O–H groups in total. The molecule has 0 spiro atoms. The van der Waals surface area contributed by atoms with Crippen molar-refractivity contribution in [2.75, 3.05) is 58.4 Å². The van der Waals surface area contributed by atoms with Gasteiger partial charge in [-0.15, -0.1) is 0 Å². The van der Waals surface area contributed by atoms with Crippen LogP contribution in [0.1, 0.15) is 12.8 Å². The molecule has 2 saturated heterocycles. The van der Waals surface area contributed by atoms with E-state index in [1.165, 1.54) is 6.42 Å². The third kappa shape index (κ3) is 3.50. The van der Waals surface area contributed by atoms with Crippen LogP contribution in [0.4, 0.5) is 5.95 Å². The van der Waals surface area contributed by atoms with Crippen LogP contribution in [0.15, 0.2) is 24.4 Å². The van der Waals surface area contributed by atoms with E-state index >= 15 is 0 Å². The molecule has 0 saturated carbocycles. The van der Waals surface area contributed by atoms with Crippen molar-refractivity contribution >= 4 is 27.8 Å². The second-order valence-electron chi connectivity index (χ2n) is 8.03. The van der Waals surface area contributed by atoms with Gasteiger partial charge in [0.15, 0.2) is 0 Å². The number of rotatable bonds is 5. The molecule has 2 fully saturated rings. The molecule has 0 bridgehead atoms. The van der Waals surface area contributed by atoms with Crippen LogP contribution in [0.2, 0.25) is 0 Å². The van der Waals surface area contributed by atoms with Crippen molar-refractivity contribution in [1.82, 2.24) is 25.2 Å². The van der Waals surface area contributed by atoms with Crippen molar-refractivity contribution in [3.05, 3.63) is 24.4 Å². The number of piperazine rings is 1. The number of hydrogen-bond donors (Lipinski definition) is 1. The standard InChI is InChI=1S/C22H28N6O2/c1-27-10-4-5-15(27)14-30-21-17-13-24-22(28-11-8-23-9-12-28)26-19(17)16-6-3-7-18(29-2)20(16)25-21/h3,6-7,13,15,23H,4-5,8-12,14H2,1-2H3. The molecule has 3 aromatic rings. The number of fused-ring (bicyclic) bond motifs is 3. The number of hydrogen-bond acceptors (Lipinski definition) is 8. The van der Waals surface area contributed by atoms with Gasteiger partial charge in [-0.3, -0.25) is 0 Å². The van der Waals surface area contributed by atoms with Crippen molar-refractivity contribution in [3.8, 4) is 11.6 Å².